The number of fused-ring (bicyclic) bond motifs is 2. The van der Waals surface area contributed by atoms with Gasteiger partial charge >= 0.3 is 5.97 Å². The van der Waals surface area contributed by atoms with Crippen LogP contribution in [0.25, 0.3) is 28.1 Å². The van der Waals surface area contributed by atoms with Gasteiger partial charge in [-0.05, 0) is 59.1 Å². The number of ether oxygens (including phenoxy) is 1. The maximum atomic E-state index is 12.3. The zero-order valence-corrected chi connectivity index (χ0v) is 21.0. The number of benzene rings is 1. The fourth-order valence-electron chi connectivity index (χ4n) is 4.37. The highest BCUT2D eigenvalue weighted by Crippen LogP contribution is 2.32. The number of rotatable bonds is 5. The quantitative estimate of drug-likeness (QED) is 0.287. The predicted molar refractivity (Wildman–Crippen MR) is 135 cm³/mol. The second-order valence-corrected chi connectivity index (χ2v) is 9.03. The topological polar surface area (TPSA) is 74.3 Å². The summed E-state index contributed by atoms with van der Waals surface area (Å²) < 4.78 is 9.92. The van der Waals surface area contributed by atoms with Gasteiger partial charge in [-0.15, -0.1) is 0 Å². The van der Waals surface area contributed by atoms with Gasteiger partial charge in [0.15, 0.2) is 5.65 Å². The molecule has 1 aromatic carbocycles. The third-order valence-corrected chi connectivity index (χ3v) is 6.72. The Morgan fingerprint density at radius 2 is 1.88 bits per heavy atom. The first-order valence-corrected chi connectivity index (χ1v) is 11.9. The van der Waals surface area contributed by atoms with Crippen LogP contribution in [0.15, 0.2) is 53.3 Å². The van der Waals surface area contributed by atoms with E-state index in [1.54, 1.807) is 6.07 Å². The lowest BCUT2D eigenvalue weighted by Gasteiger charge is -2.09. The van der Waals surface area contributed by atoms with Crippen molar-refractivity contribution < 1.29 is 9.53 Å². The normalized spacial score (nSPS) is 11.4. The maximum absolute atomic E-state index is 12.3. The van der Waals surface area contributed by atoms with Crippen molar-refractivity contribution >= 4 is 38.7 Å². The van der Waals surface area contributed by atoms with E-state index in [9.17, 15) is 4.79 Å². The van der Waals surface area contributed by atoms with Crippen molar-refractivity contribution in [3.63, 3.8) is 0 Å². The molecule has 5 rings (SSSR count). The molecule has 5 aromatic rings. The lowest BCUT2D eigenvalue weighted by molar-refractivity contribution is 0.0601. The van der Waals surface area contributed by atoms with E-state index in [-0.39, 0.29) is 0 Å². The summed E-state index contributed by atoms with van der Waals surface area (Å²) in [5, 5.41) is 0. The maximum Gasteiger partial charge on any atom is 0.338 e. The minimum absolute atomic E-state index is 0.391. The van der Waals surface area contributed by atoms with Crippen molar-refractivity contribution in [2.24, 2.45) is 0 Å². The SMILES string of the molecule is CCc1nc2c(C)cc(C)nc2n1Cc1ccc2nc(-c3ccccc3C(=O)OC)c(Br)n2c1. The molecular formula is C26H24BrN5O2. The fraction of sp³-hybridized carbons (Fsp3) is 0.231. The number of carbonyl (C=O) groups excluding carboxylic acids is 1. The van der Waals surface area contributed by atoms with E-state index in [1.165, 1.54) is 7.11 Å². The fourth-order valence-corrected chi connectivity index (χ4v) is 4.96. The first-order chi connectivity index (χ1) is 16.4. The van der Waals surface area contributed by atoms with Crippen molar-refractivity contribution in [3.8, 4) is 11.3 Å². The van der Waals surface area contributed by atoms with E-state index < -0.39 is 5.97 Å². The number of aryl methyl sites for hydroxylation is 3. The highest BCUT2D eigenvalue weighted by molar-refractivity contribution is 9.10. The van der Waals surface area contributed by atoms with E-state index >= 15 is 0 Å². The molecule has 0 aliphatic carbocycles. The van der Waals surface area contributed by atoms with Gasteiger partial charge in [0, 0.05) is 23.9 Å². The van der Waals surface area contributed by atoms with Crippen LogP contribution in [0.2, 0.25) is 0 Å². The van der Waals surface area contributed by atoms with Crippen LogP contribution in [0.3, 0.4) is 0 Å². The Morgan fingerprint density at radius 1 is 1.09 bits per heavy atom. The number of methoxy groups -OCH3 is 1. The molecule has 0 saturated carbocycles. The van der Waals surface area contributed by atoms with Crippen LogP contribution in [0.1, 0.15) is 39.9 Å². The monoisotopic (exact) mass is 517 g/mol. The van der Waals surface area contributed by atoms with Gasteiger partial charge in [-0.25, -0.2) is 19.7 Å². The number of esters is 1. The number of aromatic nitrogens is 5. The molecule has 0 aliphatic rings. The van der Waals surface area contributed by atoms with E-state index in [1.807, 2.05) is 35.6 Å². The molecule has 4 heterocycles. The van der Waals surface area contributed by atoms with Gasteiger partial charge in [-0.2, -0.15) is 0 Å². The zero-order valence-electron chi connectivity index (χ0n) is 19.5. The van der Waals surface area contributed by atoms with Crippen LogP contribution in [0.4, 0.5) is 0 Å². The predicted octanol–water partition coefficient (Wildman–Crippen LogP) is 5.52. The summed E-state index contributed by atoms with van der Waals surface area (Å²) in [5.74, 6) is 0.617. The molecule has 0 N–H and O–H groups in total. The van der Waals surface area contributed by atoms with E-state index in [2.05, 4.69) is 52.7 Å². The van der Waals surface area contributed by atoms with Gasteiger partial charge in [0.1, 0.15) is 27.3 Å². The van der Waals surface area contributed by atoms with Gasteiger partial charge in [0.05, 0.1) is 19.2 Å². The first kappa shape index (κ1) is 22.3. The highest BCUT2D eigenvalue weighted by Gasteiger charge is 2.20. The third-order valence-electron chi connectivity index (χ3n) is 5.97. The number of imidazole rings is 2. The Kier molecular flexibility index (Phi) is 5.69. The van der Waals surface area contributed by atoms with E-state index in [4.69, 9.17) is 19.7 Å². The number of hydrogen-bond acceptors (Lipinski definition) is 5. The second-order valence-electron chi connectivity index (χ2n) is 8.27. The first-order valence-electron chi connectivity index (χ1n) is 11.1. The Hall–Kier alpha value is -3.52. The molecule has 0 spiro atoms. The summed E-state index contributed by atoms with van der Waals surface area (Å²) in [7, 11) is 1.38. The van der Waals surface area contributed by atoms with Crippen LogP contribution in [-0.2, 0) is 17.7 Å². The van der Waals surface area contributed by atoms with Gasteiger partial charge in [0.2, 0.25) is 0 Å². The number of carbonyl (C=O) groups is 1. The molecule has 34 heavy (non-hydrogen) atoms. The second kappa shape index (κ2) is 8.68. The van der Waals surface area contributed by atoms with Crippen LogP contribution in [0, 0.1) is 13.8 Å². The van der Waals surface area contributed by atoms with Crippen molar-refractivity contribution in [1.29, 1.82) is 0 Å². The minimum atomic E-state index is -0.391. The number of pyridine rings is 2. The molecule has 0 bridgehead atoms. The molecule has 0 atom stereocenters. The zero-order chi connectivity index (χ0) is 24.0. The minimum Gasteiger partial charge on any atom is -0.465 e. The third kappa shape index (κ3) is 3.68. The van der Waals surface area contributed by atoms with Crippen molar-refractivity contribution in [2.75, 3.05) is 7.11 Å². The standard InChI is InChI=1S/C26H24BrN5O2/c1-5-20-29-22-15(2)12-16(3)28-25(22)32(20)14-17-10-11-21-30-23(24(27)31(21)13-17)18-8-6-7-9-19(18)26(33)34-4/h6-13H,5,14H2,1-4H3. The molecule has 0 saturated heterocycles. The van der Waals surface area contributed by atoms with E-state index in [0.29, 0.717) is 17.8 Å². The Labute approximate surface area is 205 Å². The molecule has 0 fully saturated rings. The number of nitrogens with zero attached hydrogens (tertiary/aromatic N) is 5. The largest absolute Gasteiger partial charge is 0.465 e. The average molecular weight is 518 g/mol. The lowest BCUT2D eigenvalue weighted by Crippen LogP contribution is -2.06. The Balaban J connectivity index is 1.60. The molecule has 0 unspecified atom stereocenters. The van der Waals surface area contributed by atoms with Gasteiger partial charge in [0.25, 0.3) is 0 Å². The molecule has 0 aliphatic heterocycles. The van der Waals surface area contributed by atoms with E-state index in [0.717, 1.165) is 56.0 Å². The Morgan fingerprint density at radius 3 is 2.65 bits per heavy atom. The summed E-state index contributed by atoms with van der Waals surface area (Å²) in [4.78, 5) is 26.7. The number of hydrogen-bond donors (Lipinski definition) is 0. The average Bonchev–Trinajstić information content (AvgIpc) is 3.36. The molecule has 7 nitrogen and oxygen atoms in total. The van der Waals surface area contributed by atoms with Crippen LogP contribution >= 0.6 is 15.9 Å². The van der Waals surface area contributed by atoms with Gasteiger partial charge in [-0.1, -0.05) is 31.2 Å². The van der Waals surface area contributed by atoms with Crippen LogP contribution < -0.4 is 0 Å². The van der Waals surface area contributed by atoms with Crippen molar-refractivity contribution in [2.45, 2.75) is 33.7 Å². The molecule has 8 heteroatoms. The summed E-state index contributed by atoms with van der Waals surface area (Å²) in [6.07, 6.45) is 2.88. The molecular weight excluding hydrogens is 494 g/mol. The summed E-state index contributed by atoms with van der Waals surface area (Å²) in [6.45, 7) is 6.85. The highest BCUT2D eigenvalue weighted by atomic mass is 79.9. The summed E-state index contributed by atoms with van der Waals surface area (Å²) in [6, 6.07) is 13.4. The smallest absolute Gasteiger partial charge is 0.338 e. The van der Waals surface area contributed by atoms with Crippen molar-refractivity contribution in [3.05, 3.63) is 81.5 Å². The molecule has 0 radical (unpaired) electrons. The Bertz CT molecular complexity index is 1570. The lowest BCUT2D eigenvalue weighted by atomic mass is 10.1. The van der Waals surface area contributed by atoms with Crippen LogP contribution in [0.5, 0.6) is 0 Å². The van der Waals surface area contributed by atoms with Crippen molar-refractivity contribution in [1.82, 2.24) is 23.9 Å². The van der Waals surface area contributed by atoms with Gasteiger partial charge < -0.3 is 9.30 Å². The number of halogens is 1. The van der Waals surface area contributed by atoms with Crippen LogP contribution in [-0.4, -0.2) is 37.0 Å². The molecule has 4 aromatic heterocycles. The molecule has 0 amide bonds. The molecule has 172 valence electrons. The van der Waals surface area contributed by atoms with Gasteiger partial charge in [-0.3, -0.25) is 4.40 Å². The summed E-state index contributed by atoms with van der Waals surface area (Å²) >= 11 is 3.71. The summed E-state index contributed by atoms with van der Waals surface area (Å²) in [5.41, 5.74) is 7.73.